The van der Waals surface area contributed by atoms with Gasteiger partial charge in [0.2, 0.25) is 0 Å². The zero-order valence-corrected chi connectivity index (χ0v) is 17.7. The number of benzene rings is 1. The van der Waals surface area contributed by atoms with E-state index in [0.29, 0.717) is 10.7 Å². The van der Waals surface area contributed by atoms with Crippen molar-refractivity contribution in [3.8, 4) is 11.3 Å². The lowest BCUT2D eigenvalue weighted by molar-refractivity contribution is 0.102. The predicted octanol–water partition coefficient (Wildman–Crippen LogP) is 4.99. The molecule has 0 saturated heterocycles. The van der Waals surface area contributed by atoms with E-state index < -0.39 is 0 Å². The molecule has 0 aliphatic heterocycles. The number of amides is 1. The highest BCUT2D eigenvalue weighted by molar-refractivity contribution is 14.1. The molecule has 0 fully saturated rings. The van der Waals surface area contributed by atoms with Crippen LogP contribution in [-0.2, 0) is 0 Å². The standard InChI is InChI=1S/C19H16IN5OS/c1-11(2)25-17-13(9-22-25)7-14(8-21-17)18(26)24-19-23-16(10-27-19)12-3-5-15(20)6-4-12/h3-11H,1-2H3,(H,23,24,26). The molecule has 6 nitrogen and oxygen atoms in total. The first kappa shape index (κ1) is 18.1. The number of anilines is 1. The normalized spacial score (nSPS) is 11.3. The number of pyridine rings is 1. The maximum absolute atomic E-state index is 12.6. The number of carbonyl (C=O) groups excluding carboxylic acids is 1. The number of hydrogen-bond donors (Lipinski definition) is 1. The van der Waals surface area contributed by atoms with E-state index in [2.05, 4.69) is 43.0 Å². The van der Waals surface area contributed by atoms with Crippen LogP contribution in [0, 0.1) is 3.57 Å². The SMILES string of the molecule is CC(C)n1ncc2cc(C(=O)Nc3nc(-c4ccc(I)cc4)cs3)cnc21. The first-order valence-corrected chi connectivity index (χ1v) is 10.3. The molecule has 4 aromatic rings. The third-order valence-corrected chi connectivity index (χ3v) is 5.53. The minimum absolute atomic E-state index is 0.213. The average molecular weight is 489 g/mol. The third kappa shape index (κ3) is 3.72. The molecule has 0 saturated carbocycles. The number of aromatic nitrogens is 4. The lowest BCUT2D eigenvalue weighted by atomic mass is 10.2. The zero-order valence-electron chi connectivity index (χ0n) is 14.7. The van der Waals surface area contributed by atoms with Gasteiger partial charge in [-0.2, -0.15) is 5.10 Å². The first-order chi connectivity index (χ1) is 13.0. The minimum atomic E-state index is -0.231. The molecule has 3 aromatic heterocycles. The van der Waals surface area contributed by atoms with Gasteiger partial charge in [0.1, 0.15) is 0 Å². The predicted molar refractivity (Wildman–Crippen MR) is 116 cm³/mol. The highest BCUT2D eigenvalue weighted by atomic mass is 127. The molecular weight excluding hydrogens is 473 g/mol. The Labute approximate surface area is 173 Å². The molecule has 8 heteroatoms. The Balaban J connectivity index is 1.54. The van der Waals surface area contributed by atoms with Crippen LogP contribution in [0.1, 0.15) is 30.2 Å². The van der Waals surface area contributed by atoms with Crippen LogP contribution in [0.25, 0.3) is 22.3 Å². The van der Waals surface area contributed by atoms with Crippen molar-refractivity contribution >= 4 is 56.0 Å². The van der Waals surface area contributed by atoms with E-state index in [4.69, 9.17) is 0 Å². The molecule has 0 radical (unpaired) electrons. The molecule has 3 heterocycles. The molecule has 0 atom stereocenters. The average Bonchev–Trinajstić information content (AvgIpc) is 3.28. The van der Waals surface area contributed by atoms with Crippen molar-refractivity contribution in [1.29, 1.82) is 0 Å². The van der Waals surface area contributed by atoms with Crippen LogP contribution >= 0.6 is 33.9 Å². The summed E-state index contributed by atoms with van der Waals surface area (Å²) in [7, 11) is 0. The minimum Gasteiger partial charge on any atom is -0.298 e. The van der Waals surface area contributed by atoms with Crippen molar-refractivity contribution in [2.24, 2.45) is 0 Å². The van der Waals surface area contributed by atoms with Crippen LogP contribution in [0.2, 0.25) is 0 Å². The van der Waals surface area contributed by atoms with Crippen molar-refractivity contribution in [1.82, 2.24) is 19.7 Å². The van der Waals surface area contributed by atoms with Crippen molar-refractivity contribution in [2.45, 2.75) is 19.9 Å². The van der Waals surface area contributed by atoms with Gasteiger partial charge in [0.25, 0.3) is 5.91 Å². The summed E-state index contributed by atoms with van der Waals surface area (Å²) in [4.78, 5) is 21.5. The highest BCUT2D eigenvalue weighted by Gasteiger charge is 2.13. The Morgan fingerprint density at radius 3 is 2.74 bits per heavy atom. The monoisotopic (exact) mass is 489 g/mol. The quantitative estimate of drug-likeness (QED) is 0.410. The maximum Gasteiger partial charge on any atom is 0.259 e. The van der Waals surface area contributed by atoms with Gasteiger partial charge in [-0.05, 0) is 54.6 Å². The number of carbonyl (C=O) groups is 1. The number of fused-ring (bicyclic) bond motifs is 1. The van der Waals surface area contributed by atoms with Crippen LogP contribution < -0.4 is 5.32 Å². The molecule has 136 valence electrons. The van der Waals surface area contributed by atoms with Crippen LogP contribution in [-0.4, -0.2) is 25.7 Å². The van der Waals surface area contributed by atoms with E-state index in [-0.39, 0.29) is 11.9 Å². The Kier molecular flexibility index (Phi) is 4.92. The molecule has 0 bridgehead atoms. The molecule has 0 aliphatic rings. The number of hydrogen-bond acceptors (Lipinski definition) is 5. The van der Waals surface area contributed by atoms with Gasteiger partial charge < -0.3 is 0 Å². The van der Waals surface area contributed by atoms with E-state index in [1.54, 1.807) is 18.5 Å². The summed E-state index contributed by atoms with van der Waals surface area (Å²) in [5.41, 5.74) is 3.13. The largest absolute Gasteiger partial charge is 0.298 e. The Hall–Kier alpha value is -2.33. The van der Waals surface area contributed by atoms with Crippen LogP contribution in [0.5, 0.6) is 0 Å². The van der Waals surface area contributed by atoms with E-state index >= 15 is 0 Å². The van der Waals surface area contributed by atoms with E-state index in [0.717, 1.165) is 22.3 Å². The van der Waals surface area contributed by atoms with Crippen molar-refractivity contribution in [3.63, 3.8) is 0 Å². The molecular formula is C19H16IN5OS. The second-order valence-electron chi connectivity index (χ2n) is 6.32. The van der Waals surface area contributed by atoms with Gasteiger partial charge in [-0.1, -0.05) is 12.1 Å². The van der Waals surface area contributed by atoms with E-state index in [1.165, 1.54) is 14.9 Å². The number of thiazole rings is 1. The fraction of sp³-hybridized carbons (Fsp3) is 0.158. The van der Waals surface area contributed by atoms with Gasteiger partial charge in [0, 0.05) is 32.1 Å². The smallest absolute Gasteiger partial charge is 0.259 e. The fourth-order valence-corrected chi connectivity index (χ4v) is 3.77. The molecule has 0 unspecified atom stereocenters. The van der Waals surface area contributed by atoms with Gasteiger partial charge in [0.15, 0.2) is 10.8 Å². The molecule has 1 N–H and O–H groups in total. The number of nitrogens with zero attached hydrogens (tertiary/aromatic N) is 4. The Morgan fingerprint density at radius 2 is 2.00 bits per heavy atom. The number of nitrogens with one attached hydrogen (secondary N) is 1. The second-order valence-corrected chi connectivity index (χ2v) is 8.42. The Morgan fingerprint density at radius 1 is 1.22 bits per heavy atom. The van der Waals surface area contributed by atoms with Gasteiger partial charge in [-0.25, -0.2) is 14.6 Å². The summed E-state index contributed by atoms with van der Waals surface area (Å²) in [5.74, 6) is -0.231. The maximum atomic E-state index is 12.6. The molecule has 0 spiro atoms. The van der Waals surface area contributed by atoms with E-state index in [1.807, 2.05) is 48.2 Å². The Bertz CT molecular complexity index is 1120. The van der Waals surface area contributed by atoms with Gasteiger partial charge >= 0.3 is 0 Å². The summed E-state index contributed by atoms with van der Waals surface area (Å²) in [6, 6.07) is 10.1. The van der Waals surface area contributed by atoms with Crippen molar-refractivity contribution in [3.05, 3.63) is 57.2 Å². The molecule has 0 aliphatic carbocycles. The van der Waals surface area contributed by atoms with Crippen LogP contribution in [0.15, 0.2) is 48.1 Å². The molecule has 1 aromatic carbocycles. The first-order valence-electron chi connectivity index (χ1n) is 8.37. The number of rotatable bonds is 4. The molecule has 4 rings (SSSR count). The lowest BCUT2D eigenvalue weighted by Crippen LogP contribution is -2.12. The van der Waals surface area contributed by atoms with Crippen LogP contribution in [0.4, 0.5) is 5.13 Å². The molecule has 1 amide bonds. The van der Waals surface area contributed by atoms with E-state index in [9.17, 15) is 4.79 Å². The zero-order chi connectivity index (χ0) is 19.0. The highest BCUT2D eigenvalue weighted by Crippen LogP contribution is 2.26. The van der Waals surface area contributed by atoms with Crippen molar-refractivity contribution in [2.75, 3.05) is 5.32 Å². The summed E-state index contributed by atoms with van der Waals surface area (Å²) in [5, 5.41) is 10.5. The van der Waals surface area contributed by atoms with Gasteiger partial charge in [-0.3, -0.25) is 10.1 Å². The van der Waals surface area contributed by atoms with Gasteiger partial charge in [-0.15, -0.1) is 11.3 Å². The lowest BCUT2D eigenvalue weighted by Gasteiger charge is -2.06. The summed E-state index contributed by atoms with van der Waals surface area (Å²) < 4.78 is 3.01. The topological polar surface area (TPSA) is 72.7 Å². The summed E-state index contributed by atoms with van der Waals surface area (Å²) in [6.07, 6.45) is 3.31. The number of halogens is 1. The summed E-state index contributed by atoms with van der Waals surface area (Å²) in [6.45, 7) is 4.09. The molecule has 27 heavy (non-hydrogen) atoms. The fourth-order valence-electron chi connectivity index (χ4n) is 2.70. The second kappa shape index (κ2) is 7.35. The van der Waals surface area contributed by atoms with Crippen molar-refractivity contribution < 1.29 is 4.79 Å². The van der Waals surface area contributed by atoms with Crippen LogP contribution in [0.3, 0.4) is 0 Å². The van der Waals surface area contributed by atoms with Gasteiger partial charge in [0.05, 0.1) is 17.5 Å². The summed E-state index contributed by atoms with van der Waals surface area (Å²) >= 11 is 3.67. The third-order valence-electron chi connectivity index (χ3n) is 4.05.